The molecule has 0 spiro atoms. The van der Waals surface area contributed by atoms with Crippen molar-refractivity contribution in [2.24, 2.45) is 5.92 Å². The summed E-state index contributed by atoms with van der Waals surface area (Å²) in [6.07, 6.45) is 7.23. The normalized spacial score (nSPS) is 16.6. The summed E-state index contributed by atoms with van der Waals surface area (Å²) in [5.74, 6) is 1.85. The number of furan rings is 1. The van der Waals surface area contributed by atoms with Gasteiger partial charge in [0.05, 0.1) is 6.26 Å². The van der Waals surface area contributed by atoms with Gasteiger partial charge >= 0.3 is 0 Å². The van der Waals surface area contributed by atoms with E-state index in [0.29, 0.717) is 6.61 Å². The zero-order chi connectivity index (χ0) is 13.7. The van der Waals surface area contributed by atoms with Crippen molar-refractivity contribution < 1.29 is 9.15 Å². The summed E-state index contributed by atoms with van der Waals surface area (Å²) in [5.41, 5.74) is 1.32. The molecule has 1 aliphatic rings. The maximum atomic E-state index is 5.67. The van der Waals surface area contributed by atoms with Crippen molar-refractivity contribution in [1.29, 1.82) is 0 Å². The molecule has 0 aromatic carbocycles. The molecule has 0 atom stereocenters. The van der Waals surface area contributed by atoms with Crippen LogP contribution in [0.2, 0.25) is 0 Å². The van der Waals surface area contributed by atoms with Crippen LogP contribution in [0.1, 0.15) is 57.8 Å². The van der Waals surface area contributed by atoms with Crippen LogP contribution in [0, 0.1) is 5.92 Å². The van der Waals surface area contributed by atoms with Gasteiger partial charge in [0.1, 0.15) is 12.4 Å². The van der Waals surface area contributed by atoms with Crippen LogP contribution in [0.4, 0.5) is 0 Å². The number of rotatable bonds is 7. The fraction of sp³-hybridized carbons (Fsp3) is 0.750. The molecule has 1 saturated carbocycles. The van der Waals surface area contributed by atoms with Crippen LogP contribution in [-0.4, -0.2) is 12.1 Å². The summed E-state index contributed by atoms with van der Waals surface area (Å²) in [6, 6.07) is 2.09. The topological polar surface area (TPSA) is 34.4 Å². The van der Waals surface area contributed by atoms with Gasteiger partial charge in [0.25, 0.3) is 0 Å². The van der Waals surface area contributed by atoms with Gasteiger partial charge in [-0.05, 0) is 39.2 Å². The maximum absolute atomic E-state index is 5.67. The van der Waals surface area contributed by atoms with E-state index < -0.39 is 0 Å². The highest BCUT2D eigenvalue weighted by atomic mass is 16.5. The third-order valence-corrected chi connectivity index (χ3v) is 3.67. The Morgan fingerprint density at radius 1 is 1.37 bits per heavy atom. The highest BCUT2D eigenvalue weighted by Gasteiger charge is 2.16. The molecule has 0 bridgehead atoms. The first-order valence-electron chi connectivity index (χ1n) is 7.42. The average Bonchev–Trinajstić information content (AvgIpc) is 2.71. The molecule has 1 heterocycles. The van der Waals surface area contributed by atoms with Gasteiger partial charge in [0.15, 0.2) is 0 Å². The summed E-state index contributed by atoms with van der Waals surface area (Å²) >= 11 is 0. The molecule has 0 radical (unpaired) electrons. The van der Waals surface area contributed by atoms with Crippen molar-refractivity contribution in [3.63, 3.8) is 0 Å². The lowest BCUT2D eigenvalue weighted by Crippen LogP contribution is -2.34. The van der Waals surface area contributed by atoms with E-state index in [9.17, 15) is 0 Å². The molecule has 1 aliphatic carbocycles. The molecule has 0 amide bonds. The average molecular weight is 265 g/mol. The lowest BCUT2D eigenvalue weighted by Gasteiger charge is -2.24. The Hall–Kier alpha value is -0.800. The second kappa shape index (κ2) is 6.58. The predicted octanol–water partition coefficient (Wildman–Crippen LogP) is 3.87. The third-order valence-electron chi connectivity index (χ3n) is 3.67. The molecule has 2 rings (SSSR count). The Morgan fingerprint density at radius 3 is 2.79 bits per heavy atom. The Bertz CT molecular complexity index is 374. The van der Waals surface area contributed by atoms with E-state index >= 15 is 0 Å². The third kappa shape index (κ3) is 5.37. The first kappa shape index (κ1) is 14.6. The quantitative estimate of drug-likeness (QED) is 0.760. The smallest absolute Gasteiger partial charge is 0.129 e. The van der Waals surface area contributed by atoms with Crippen LogP contribution in [0.5, 0.6) is 0 Å². The fourth-order valence-electron chi connectivity index (χ4n) is 2.17. The van der Waals surface area contributed by atoms with Gasteiger partial charge in [-0.3, -0.25) is 0 Å². The van der Waals surface area contributed by atoms with Crippen molar-refractivity contribution >= 4 is 0 Å². The van der Waals surface area contributed by atoms with Crippen molar-refractivity contribution in [2.45, 2.75) is 65.1 Å². The second-order valence-corrected chi connectivity index (χ2v) is 6.66. The van der Waals surface area contributed by atoms with E-state index in [-0.39, 0.29) is 5.54 Å². The Balaban J connectivity index is 1.62. The number of hydrogen-bond donors (Lipinski definition) is 1. The van der Waals surface area contributed by atoms with Gasteiger partial charge in [-0.1, -0.05) is 19.3 Å². The summed E-state index contributed by atoms with van der Waals surface area (Å²) in [5, 5.41) is 3.45. The zero-order valence-electron chi connectivity index (χ0n) is 12.5. The molecule has 19 heavy (non-hydrogen) atoms. The van der Waals surface area contributed by atoms with E-state index in [0.717, 1.165) is 24.8 Å². The van der Waals surface area contributed by atoms with Crippen molar-refractivity contribution in [3.8, 4) is 0 Å². The molecule has 0 aliphatic heterocycles. The maximum Gasteiger partial charge on any atom is 0.129 e. The summed E-state index contributed by atoms with van der Waals surface area (Å²) in [6.45, 7) is 8.80. The molecule has 1 N–H and O–H groups in total. The molecule has 3 heteroatoms. The SMILES string of the molecule is CC(C)(C)NCc1coc(COCCC2CCC2)c1. The lowest BCUT2D eigenvalue weighted by molar-refractivity contribution is 0.0836. The van der Waals surface area contributed by atoms with Crippen molar-refractivity contribution in [1.82, 2.24) is 5.32 Å². The minimum atomic E-state index is 0.136. The van der Waals surface area contributed by atoms with E-state index in [4.69, 9.17) is 9.15 Å². The van der Waals surface area contributed by atoms with Gasteiger partial charge in [-0.25, -0.2) is 0 Å². The van der Waals surface area contributed by atoms with Crippen LogP contribution in [0.15, 0.2) is 16.7 Å². The molecule has 1 aromatic heterocycles. The van der Waals surface area contributed by atoms with E-state index in [2.05, 4.69) is 32.2 Å². The zero-order valence-corrected chi connectivity index (χ0v) is 12.5. The van der Waals surface area contributed by atoms with E-state index in [1.807, 2.05) is 6.26 Å². The molecule has 3 nitrogen and oxygen atoms in total. The van der Waals surface area contributed by atoms with Crippen molar-refractivity contribution in [2.75, 3.05) is 6.61 Å². The number of hydrogen-bond acceptors (Lipinski definition) is 3. The molecule has 1 aromatic rings. The van der Waals surface area contributed by atoms with Gasteiger partial charge in [0.2, 0.25) is 0 Å². The molecule has 108 valence electrons. The van der Waals surface area contributed by atoms with Crippen LogP contribution >= 0.6 is 0 Å². The largest absolute Gasteiger partial charge is 0.467 e. The fourth-order valence-corrected chi connectivity index (χ4v) is 2.17. The molecule has 1 fully saturated rings. The minimum absolute atomic E-state index is 0.136. The van der Waals surface area contributed by atoms with Gasteiger partial charge < -0.3 is 14.5 Å². The van der Waals surface area contributed by atoms with Crippen LogP contribution in [0.3, 0.4) is 0 Å². The van der Waals surface area contributed by atoms with E-state index in [1.54, 1.807) is 0 Å². The van der Waals surface area contributed by atoms with Crippen LogP contribution in [-0.2, 0) is 17.9 Å². The molecular weight excluding hydrogens is 238 g/mol. The first-order chi connectivity index (χ1) is 9.03. The molecular formula is C16H27NO2. The predicted molar refractivity (Wildman–Crippen MR) is 76.9 cm³/mol. The standard InChI is InChI=1S/C16H27NO2/c1-16(2,3)17-10-14-9-15(19-11-14)12-18-8-7-13-5-4-6-13/h9,11,13,17H,4-8,10,12H2,1-3H3. The highest BCUT2D eigenvalue weighted by Crippen LogP contribution is 2.29. The Kier molecular flexibility index (Phi) is 5.06. The number of nitrogens with one attached hydrogen (secondary N) is 1. The summed E-state index contributed by atoms with van der Waals surface area (Å²) in [7, 11) is 0. The van der Waals surface area contributed by atoms with Crippen molar-refractivity contribution in [3.05, 3.63) is 23.7 Å². The van der Waals surface area contributed by atoms with Crippen LogP contribution < -0.4 is 5.32 Å². The summed E-state index contributed by atoms with van der Waals surface area (Å²) in [4.78, 5) is 0. The van der Waals surface area contributed by atoms with Gasteiger partial charge in [0, 0.05) is 24.3 Å². The van der Waals surface area contributed by atoms with Gasteiger partial charge in [-0.15, -0.1) is 0 Å². The Morgan fingerprint density at radius 2 is 2.16 bits per heavy atom. The second-order valence-electron chi connectivity index (χ2n) is 6.66. The van der Waals surface area contributed by atoms with Gasteiger partial charge in [-0.2, -0.15) is 0 Å². The minimum Gasteiger partial charge on any atom is -0.467 e. The lowest BCUT2D eigenvalue weighted by atomic mass is 9.83. The first-order valence-corrected chi connectivity index (χ1v) is 7.42. The molecule has 0 unspecified atom stereocenters. The number of ether oxygens (including phenoxy) is 1. The monoisotopic (exact) mass is 265 g/mol. The van der Waals surface area contributed by atoms with Crippen LogP contribution in [0.25, 0.3) is 0 Å². The summed E-state index contributed by atoms with van der Waals surface area (Å²) < 4.78 is 11.2. The highest BCUT2D eigenvalue weighted by molar-refractivity contribution is 5.12. The van der Waals surface area contributed by atoms with E-state index in [1.165, 1.54) is 31.2 Å². The molecule has 0 saturated heterocycles. The Labute approximate surface area is 116 Å².